The van der Waals surface area contributed by atoms with Crippen LogP contribution >= 0.6 is 0 Å². The SMILES string of the molecule is O=C(Oc1ccc(O)cc1)c1ccc(O)c(O)c1. The molecular formula is C13H10O5. The van der Waals surface area contributed by atoms with Crippen molar-refractivity contribution in [2.75, 3.05) is 0 Å². The molecule has 3 N–H and O–H groups in total. The highest BCUT2D eigenvalue weighted by atomic mass is 16.5. The molecule has 92 valence electrons. The predicted molar refractivity (Wildman–Crippen MR) is 62.8 cm³/mol. The van der Waals surface area contributed by atoms with Gasteiger partial charge in [-0.15, -0.1) is 0 Å². The Morgan fingerprint density at radius 3 is 2.17 bits per heavy atom. The number of carbonyl (C=O) groups excluding carboxylic acids is 1. The van der Waals surface area contributed by atoms with Crippen molar-refractivity contribution in [3.8, 4) is 23.0 Å². The van der Waals surface area contributed by atoms with Gasteiger partial charge in [-0.1, -0.05) is 0 Å². The van der Waals surface area contributed by atoms with E-state index in [0.717, 1.165) is 6.07 Å². The van der Waals surface area contributed by atoms with E-state index in [1.54, 1.807) is 0 Å². The molecule has 0 unspecified atom stereocenters. The number of benzene rings is 2. The molecule has 0 saturated carbocycles. The molecule has 0 aliphatic rings. The van der Waals surface area contributed by atoms with Gasteiger partial charge in [0.05, 0.1) is 5.56 Å². The highest BCUT2D eigenvalue weighted by Gasteiger charge is 2.11. The maximum Gasteiger partial charge on any atom is 0.343 e. The van der Waals surface area contributed by atoms with Crippen LogP contribution < -0.4 is 4.74 Å². The monoisotopic (exact) mass is 246 g/mol. The van der Waals surface area contributed by atoms with Crippen molar-refractivity contribution in [3.63, 3.8) is 0 Å². The fourth-order valence-corrected chi connectivity index (χ4v) is 1.33. The number of aromatic hydroxyl groups is 3. The predicted octanol–water partition coefficient (Wildman–Crippen LogP) is 2.02. The van der Waals surface area contributed by atoms with Gasteiger partial charge in [0, 0.05) is 0 Å². The van der Waals surface area contributed by atoms with E-state index in [4.69, 9.17) is 14.9 Å². The number of ether oxygens (including phenoxy) is 1. The standard InChI is InChI=1S/C13H10O5/c14-9-2-4-10(5-3-9)18-13(17)8-1-6-11(15)12(16)7-8/h1-7,14-16H. The molecule has 0 aromatic heterocycles. The first kappa shape index (κ1) is 11.8. The van der Waals surface area contributed by atoms with Crippen molar-refractivity contribution in [2.24, 2.45) is 0 Å². The van der Waals surface area contributed by atoms with E-state index in [1.165, 1.54) is 36.4 Å². The molecule has 0 spiro atoms. The highest BCUT2D eigenvalue weighted by Crippen LogP contribution is 2.25. The second kappa shape index (κ2) is 4.67. The second-order valence-electron chi connectivity index (χ2n) is 3.59. The Labute approximate surface area is 103 Å². The summed E-state index contributed by atoms with van der Waals surface area (Å²) in [6, 6.07) is 9.29. The molecule has 0 saturated heterocycles. The fourth-order valence-electron chi connectivity index (χ4n) is 1.33. The summed E-state index contributed by atoms with van der Waals surface area (Å²) in [5.74, 6) is -1.04. The van der Waals surface area contributed by atoms with E-state index in [-0.39, 0.29) is 22.8 Å². The van der Waals surface area contributed by atoms with Gasteiger partial charge in [-0.3, -0.25) is 0 Å². The summed E-state index contributed by atoms with van der Waals surface area (Å²) in [6.07, 6.45) is 0. The van der Waals surface area contributed by atoms with Crippen LogP contribution in [0.1, 0.15) is 10.4 Å². The number of carbonyl (C=O) groups is 1. The summed E-state index contributed by atoms with van der Waals surface area (Å²) >= 11 is 0. The third-order valence-electron chi connectivity index (χ3n) is 2.26. The molecule has 0 radical (unpaired) electrons. The number of phenols is 3. The van der Waals surface area contributed by atoms with Gasteiger partial charge in [-0.2, -0.15) is 0 Å². The Balaban J connectivity index is 2.16. The van der Waals surface area contributed by atoms with Gasteiger partial charge >= 0.3 is 5.97 Å². The fraction of sp³-hybridized carbons (Fsp3) is 0. The molecular weight excluding hydrogens is 236 g/mol. The minimum Gasteiger partial charge on any atom is -0.508 e. The lowest BCUT2D eigenvalue weighted by Crippen LogP contribution is -2.08. The van der Waals surface area contributed by atoms with E-state index >= 15 is 0 Å². The Kier molecular flexibility index (Phi) is 3.05. The zero-order valence-corrected chi connectivity index (χ0v) is 9.20. The quantitative estimate of drug-likeness (QED) is 0.428. The van der Waals surface area contributed by atoms with Gasteiger partial charge in [0.25, 0.3) is 0 Å². The van der Waals surface area contributed by atoms with Crippen LogP contribution in [-0.4, -0.2) is 21.3 Å². The summed E-state index contributed by atoms with van der Waals surface area (Å²) < 4.78 is 5.01. The molecule has 18 heavy (non-hydrogen) atoms. The molecule has 0 amide bonds. The summed E-state index contributed by atoms with van der Waals surface area (Å²) in [6.45, 7) is 0. The largest absolute Gasteiger partial charge is 0.508 e. The molecule has 0 bridgehead atoms. The molecule has 2 aromatic carbocycles. The van der Waals surface area contributed by atoms with Crippen LogP contribution in [0, 0.1) is 0 Å². The van der Waals surface area contributed by atoms with Crippen molar-refractivity contribution in [1.82, 2.24) is 0 Å². The zero-order chi connectivity index (χ0) is 13.1. The summed E-state index contributed by atoms with van der Waals surface area (Å²) in [7, 11) is 0. The Morgan fingerprint density at radius 2 is 1.56 bits per heavy atom. The van der Waals surface area contributed by atoms with Gasteiger partial charge in [0.15, 0.2) is 11.5 Å². The third kappa shape index (κ3) is 2.52. The molecule has 0 heterocycles. The van der Waals surface area contributed by atoms with Crippen molar-refractivity contribution in [2.45, 2.75) is 0 Å². The minimum absolute atomic E-state index is 0.0667. The van der Waals surface area contributed by atoms with Crippen LogP contribution in [0.2, 0.25) is 0 Å². The van der Waals surface area contributed by atoms with E-state index in [2.05, 4.69) is 0 Å². The van der Waals surface area contributed by atoms with Crippen LogP contribution in [0.5, 0.6) is 23.0 Å². The van der Waals surface area contributed by atoms with Crippen molar-refractivity contribution in [3.05, 3.63) is 48.0 Å². The Morgan fingerprint density at radius 1 is 0.889 bits per heavy atom. The first-order chi connectivity index (χ1) is 8.56. The van der Waals surface area contributed by atoms with E-state index in [1.807, 2.05) is 0 Å². The van der Waals surface area contributed by atoms with Crippen LogP contribution in [-0.2, 0) is 0 Å². The van der Waals surface area contributed by atoms with Crippen molar-refractivity contribution < 1.29 is 24.9 Å². The van der Waals surface area contributed by atoms with Crippen LogP contribution in [0.3, 0.4) is 0 Å². The maximum atomic E-state index is 11.7. The zero-order valence-electron chi connectivity index (χ0n) is 9.20. The first-order valence-electron chi connectivity index (χ1n) is 5.09. The Hall–Kier alpha value is -2.69. The lowest BCUT2D eigenvalue weighted by molar-refractivity contribution is 0.0734. The van der Waals surface area contributed by atoms with Gasteiger partial charge in [-0.05, 0) is 42.5 Å². The summed E-state index contributed by atoms with van der Waals surface area (Å²) in [4.78, 5) is 11.7. The number of hydrogen-bond acceptors (Lipinski definition) is 5. The minimum atomic E-state index is -0.670. The molecule has 0 fully saturated rings. The number of hydrogen-bond donors (Lipinski definition) is 3. The summed E-state index contributed by atoms with van der Waals surface area (Å²) in [5, 5.41) is 27.4. The van der Waals surface area contributed by atoms with Gasteiger partial charge in [-0.25, -0.2) is 4.79 Å². The van der Waals surface area contributed by atoms with Crippen LogP contribution in [0.4, 0.5) is 0 Å². The summed E-state index contributed by atoms with van der Waals surface area (Å²) in [5.41, 5.74) is 0.110. The number of phenolic OH excluding ortho intramolecular Hbond substituents is 3. The topological polar surface area (TPSA) is 87.0 Å². The van der Waals surface area contributed by atoms with Crippen LogP contribution in [0.25, 0.3) is 0 Å². The second-order valence-corrected chi connectivity index (χ2v) is 3.59. The molecule has 0 aliphatic carbocycles. The van der Waals surface area contributed by atoms with E-state index < -0.39 is 11.7 Å². The van der Waals surface area contributed by atoms with Gasteiger partial charge < -0.3 is 20.1 Å². The van der Waals surface area contributed by atoms with Gasteiger partial charge in [0.2, 0.25) is 0 Å². The smallest absolute Gasteiger partial charge is 0.343 e. The molecule has 0 aliphatic heterocycles. The number of esters is 1. The van der Waals surface area contributed by atoms with E-state index in [9.17, 15) is 9.90 Å². The number of rotatable bonds is 2. The van der Waals surface area contributed by atoms with Gasteiger partial charge in [0.1, 0.15) is 11.5 Å². The lowest BCUT2D eigenvalue weighted by atomic mass is 10.2. The third-order valence-corrected chi connectivity index (χ3v) is 2.26. The maximum absolute atomic E-state index is 11.7. The molecule has 0 atom stereocenters. The molecule has 5 heteroatoms. The van der Waals surface area contributed by atoms with E-state index in [0.29, 0.717) is 0 Å². The Bertz CT molecular complexity index is 574. The molecule has 2 aromatic rings. The van der Waals surface area contributed by atoms with Crippen molar-refractivity contribution in [1.29, 1.82) is 0 Å². The average molecular weight is 246 g/mol. The van der Waals surface area contributed by atoms with Crippen LogP contribution in [0.15, 0.2) is 42.5 Å². The molecule has 2 rings (SSSR count). The average Bonchev–Trinajstić information content (AvgIpc) is 2.35. The highest BCUT2D eigenvalue weighted by molar-refractivity contribution is 5.91. The van der Waals surface area contributed by atoms with Crippen molar-refractivity contribution >= 4 is 5.97 Å². The molecule has 5 nitrogen and oxygen atoms in total. The normalized spacial score (nSPS) is 10.0. The lowest BCUT2D eigenvalue weighted by Gasteiger charge is -2.05. The first-order valence-corrected chi connectivity index (χ1v) is 5.09.